The van der Waals surface area contributed by atoms with E-state index in [4.69, 9.17) is 0 Å². The molecule has 0 aliphatic carbocycles. The molecule has 1 heterocycles. The minimum absolute atomic E-state index is 0. The molecule has 3 rings (SSSR count). The van der Waals surface area contributed by atoms with Crippen LogP contribution in [0.4, 0.5) is 0 Å². The van der Waals surface area contributed by atoms with E-state index in [-0.39, 0.29) is 29.7 Å². The van der Waals surface area contributed by atoms with Crippen molar-refractivity contribution in [1.82, 2.24) is 10.2 Å². The second-order valence-corrected chi connectivity index (χ2v) is 9.44. The maximum Gasteiger partial charge on any atom is 0.193 e. The van der Waals surface area contributed by atoms with Crippen LogP contribution in [0.1, 0.15) is 24.8 Å². The molecule has 0 spiro atoms. The highest BCUT2D eigenvalue weighted by molar-refractivity contribution is 14.0. The van der Waals surface area contributed by atoms with E-state index in [2.05, 4.69) is 52.5 Å². The summed E-state index contributed by atoms with van der Waals surface area (Å²) in [6, 6.07) is 19.3. The zero-order valence-corrected chi connectivity index (χ0v) is 20.1. The number of sulfone groups is 1. The number of rotatable bonds is 5. The Morgan fingerprint density at radius 3 is 2.31 bits per heavy atom. The lowest BCUT2D eigenvalue weighted by Crippen LogP contribution is -2.48. The van der Waals surface area contributed by atoms with Crippen LogP contribution in [-0.4, -0.2) is 51.7 Å². The lowest BCUT2D eigenvalue weighted by Gasteiger charge is -2.38. The second-order valence-electron chi connectivity index (χ2n) is 7.34. The topological polar surface area (TPSA) is 61.8 Å². The lowest BCUT2D eigenvalue weighted by molar-refractivity contribution is 0.235. The van der Waals surface area contributed by atoms with Crippen molar-refractivity contribution in [1.29, 1.82) is 0 Å². The summed E-state index contributed by atoms with van der Waals surface area (Å²) in [7, 11) is -1.53. The molecule has 2 aromatic rings. The molecule has 0 bridgehead atoms. The molecule has 0 radical (unpaired) electrons. The van der Waals surface area contributed by atoms with Crippen LogP contribution < -0.4 is 5.32 Å². The number of aliphatic imine (C=N–C) groups is 1. The van der Waals surface area contributed by atoms with Crippen molar-refractivity contribution in [2.75, 3.05) is 32.4 Å². The Kier molecular flexibility index (Phi) is 8.95. The summed E-state index contributed by atoms with van der Waals surface area (Å²) < 4.78 is 24.9. The molecule has 1 fully saturated rings. The minimum atomic E-state index is -3.29. The van der Waals surface area contributed by atoms with Gasteiger partial charge in [0.05, 0.1) is 10.6 Å². The van der Waals surface area contributed by atoms with E-state index < -0.39 is 9.84 Å². The van der Waals surface area contributed by atoms with Gasteiger partial charge in [0.1, 0.15) is 0 Å². The Morgan fingerprint density at radius 1 is 1.10 bits per heavy atom. The summed E-state index contributed by atoms with van der Waals surface area (Å²) in [5, 5.41) is 3.24. The number of guanidine groups is 1. The number of likely N-dealkylation sites (tertiary alicyclic amines) is 1. The lowest BCUT2D eigenvalue weighted by atomic mass is 9.82. The molecule has 2 atom stereocenters. The van der Waals surface area contributed by atoms with Gasteiger partial charge in [0.2, 0.25) is 0 Å². The van der Waals surface area contributed by atoms with Gasteiger partial charge in [-0.05, 0) is 36.0 Å². The van der Waals surface area contributed by atoms with Gasteiger partial charge in [0.15, 0.2) is 15.8 Å². The Balaban J connectivity index is 0.00000300. The molecular weight excluding hydrogens is 497 g/mol. The average Bonchev–Trinajstić information content (AvgIpc) is 2.72. The fourth-order valence-electron chi connectivity index (χ4n) is 3.91. The van der Waals surface area contributed by atoms with E-state index in [1.807, 2.05) is 6.07 Å². The van der Waals surface area contributed by atoms with Crippen LogP contribution in [0.25, 0.3) is 0 Å². The van der Waals surface area contributed by atoms with Crippen LogP contribution in [0, 0.1) is 5.92 Å². The summed E-state index contributed by atoms with van der Waals surface area (Å²) in [6.07, 6.45) is 1.06. The van der Waals surface area contributed by atoms with Crippen molar-refractivity contribution in [3.05, 3.63) is 66.2 Å². The van der Waals surface area contributed by atoms with Crippen molar-refractivity contribution < 1.29 is 8.42 Å². The minimum Gasteiger partial charge on any atom is -0.355 e. The van der Waals surface area contributed by atoms with E-state index in [1.165, 1.54) is 5.56 Å². The van der Waals surface area contributed by atoms with E-state index >= 15 is 0 Å². The molecule has 2 aromatic carbocycles. The number of benzene rings is 2. The normalized spacial score (nSPS) is 20.1. The number of piperidine rings is 1. The molecule has 2 unspecified atom stereocenters. The Hall–Kier alpha value is -1.61. The van der Waals surface area contributed by atoms with Gasteiger partial charge in [-0.1, -0.05) is 55.5 Å². The largest absolute Gasteiger partial charge is 0.355 e. The number of hydrogen-bond acceptors (Lipinski definition) is 3. The van der Waals surface area contributed by atoms with Crippen molar-refractivity contribution >= 4 is 39.8 Å². The van der Waals surface area contributed by atoms with E-state index in [0.717, 1.165) is 25.5 Å². The molecule has 158 valence electrons. The maximum atomic E-state index is 12.4. The fourth-order valence-corrected chi connectivity index (χ4v) is 5.09. The van der Waals surface area contributed by atoms with Crippen LogP contribution in [0.3, 0.4) is 0 Å². The number of nitrogens with zero attached hydrogens (tertiary/aromatic N) is 2. The standard InChI is InChI=1S/C22H29N3O2S.HI/c1-18-17-25(15-13-21(18)19-9-5-3-6-10-19)22(23-2)24-14-16-28(26,27)20-11-7-4-8-12-20;/h3-12,18,21H,13-17H2,1-2H3,(H,23,24);1H. The summed E-state index contributed by atoms with van der Waals surface area (Å²) >= 11 is 0. The van der Waals surface area contributed by atoms with Crippen LogP contribution in [-0.2, 0) is 9.84 Å². The van der Waals surface area contributed by atoms with Gasteiger partial charge in [-0.3, -0.25) is 4.99 Å². The molecule has 0 aromatic heterocycles. The predicted molar refractivity (Wildman–Crippen MR) is 130 cm³/mol. The highest BCUT2D eigenvalue weighted by Gasteiger charge is 2.28. The number of hydrogen-bond donors (Lipinski definition) is 1. The summed E-state index contributed by atoms with van der Waals surface area (Å²) in [4.78, 5) is 6.97. The molecule has 0 amide bonds. The van der Waals surface area contributed by atoms with Crippen LogP contribution in [0.2, 0.25) is 0 Å². The number of nitrogens with one attached hydrogen (secondary N) is 1. The average molecular weight is 527 g/mol. The van der Waals surface area contributed by atoms with Gasteiger partial charge in [-0.15, -0.1) is 24.0 Å². The van der Waals surface area contributed by atoms with Crippen LogP contribution >= 0.6 is 24.0 Å². The van der Waals surface area contributed by atoms with Gasteiger partial charge in [0.25, 0.3) is 0 Å². The smallest absolute Gasteiger partial charge is 0.193 e. The number of halogens is 1. The molecular formula is C22H30IN3O2S. The van der Waals surface area contributed by atoms with Crippen LogP contribution in [0.5, 0.6) is 0 Å². The third-order valence-electron chi connectivity index (χ3n) is 5.40. The first-order valence-electron chi connectivity index (χ1n) is 9.79. The maximum absolute atomic E-state index is 12.4. The third kappa shape index (κ3) is 6.18. The molecule has 5 nitrogen and oxygen atoms in total. The van der Waals surface area contributed by atoms with Gasteiger partial charge < -0.3 is 10.2 Å². The Morgan fingerprint density at radius 2 is 1.72 bits per heavy atom. The summed E-state index contributed by atoms with van der Waals surface area (Å²) in [6.45, 7) is 4.44. The first kappa shape index (κ1) is 23.7. The Bertz CT molecular complexity index is 889. The quantitative estimate of drug-likeness (QED) is 0.366. The predicted octanol–water partition coefficient (Wildman–Crippen LogP) is 3.78. The first-order valence-corrected chi connectivity index (χ1v) is 11.4. The molecule has 7 heteroatoms. The second kappa shape index (κ2) is 11.0. The molecule has 0 saturated carbocycles. The van der Waals surface area contributed by atoms with E-state index in [1.54, 1.807) is 31.3 Å². The molecule has 29 heavy (non-hydrogen) atoms. The highest BCUT2D eigenvalue weighted by atomic mass is 127. The van der Waals surface area contributed by atoms with Crippen molar-refractivity contribution in [2.45, 2.75) is 24.2 Å². The van der Waals surface area contributed by atoms with Crippen LogP contribution in [0.15, 0.2) is 70.6 Å². The SMILES string of the molecule is CN=C(NCCS(=O)(=O)c1ccccc1)N1CCC(c2ccccc2)C(C)C1.I. The first-order chi connectivity index (χ1) is 13.5. The van der Waals surface area contributed by atoms with Crippen molar-refractivity contribution in [3.8, 4) is 0 Å². The van der Waals surface area contributed by atoms with Crippen molar-refractivity contribution in [2.24, 2.45) is 10.9 Å². The monoisotopic (exact) mass is 527 g/mol. The van der Waals surface area contributed by atoms with Gasteiger partial charge in [0, 0.05) is 26.7 Å². The molecule has 1 aliphatic heterocycles. The molecule has 1 saturated heterocycles. The molecule has 1 aliphatic rings. The zero-order valence-electron chi connectivity index (χ0n) is 17.0. The summed E-state index contributed by atoms with van der Waals surface area (Å²) in [5.41, 5.74) is 1.39. The van der Waals surface area contributed by atoms with E-state index in [9.17, 15) is 8.42 Å². The van der Waals surface area contributed by atoms with Gasteiger partial charge in [-0.25, -0.2) is 8.42 Å². The van der Waals surface area contributed by atoms with Gasteiger partial charge in [-0.2, -0.15) is 0 Å². The third-order valence-corrected chi connectivity index (χ3v) is 7.13. The van der Waals surface area contributed by atoms with Crippen molar-refractivity contribution in [3.63, 3.8) is 0 Å². The summed E-state index contributed by atoms with van der Waals surface area (Å²) in [5.74, 6) is 1.88. The van der Waals surface area contributed by atoms with E-state index in [0.29, 0.717) is 23.3 Å². The highest BCUT2D eigenvalue weighted by Crippen LogP contribution is 2.32. The fraction of sp³-hybridized carbons (Fsp3) is 0.409. The zero-order chi connectivity index (χ0) is 20.0. The van der Waals surface area contributed by atoms with Gasteiger partial charge >= 0.3 is 0 Å². The Labute approximate surface area is 191 Å². The molecule has 1 N–H and O–H groups in total.